The van der Waals surface area contributed by atoms with Gasteiger partial charge in [-0.2, -0.15) is 8.78 Å². The maximum atomic E-state index is 12.1. The topological polar surface area (TPSA) is 64.6 Å². The van der Waals surface area contributed by atoms with Crippen LogP contribution in [0.1, 0.15) is 41.7 Å². The standard InChI is InChI=1S/C20H21F2NO4/c1-2-6-17(14-7-4-3-5-8-14)23-18(24)13-26-19(25)15-9-11-16(12-10-15)27-20(21)22/h3-5,7-12,17,20H,2,6,13H2,1H3,(H,23,24)/t17-/m0/s1. The Morgan fingerprint density at radius 1 is 1.04 bits per heavy atom. The van der Waals surface area contributed by atoms with Gasteiger partial charge < -0.3 is 14.8 Å². The van der Waals surface area contributed by atoms with Crippen molar-refractivity contribution in [1.29, 1.82) is 0 Å². The third-order valence-electron chi connectivity index (χ3n) is 3.76. The van der Waals surface area contributed by atoms with Gasteiger partial charge in [-0.25, -0.2) is 4.79 Å². The highest BCUT2D eigenvalue weighted by molar-refractivity contribution is 5.91. The van der Waals surface area contributed by atoms with E-state index in [1.165, 1.54) is 24.3 Å². The Morgan fingerprint density at radius 3 is 2.30 bits per heavy atom. The number of benzene rings is 2. The first kappa shape index (κ1) is 20.4. The number of rotatable bonds is 9. The molecule has 1 amide bonds. The zero-order valence-electron chi connectivity index (χ0n) is 14.9. The average Bonchev–Trinajstić information content (AvgIpc) is 2.66. The fraction of sp³-hybridized carbons (Fsp3) is 0.300. The average molecular weight is 377 g/mol. The fourth-order valence-electron chi connectivity index (χ4n) is 2.52. The first-order valence-electron chi connectivity index (χ1n) is 8.56. The number of carbonyl (C=O) groups is 2. The summed E-state index contributed by atoms with van der Waals surface area (Å²) in [4.78, 5) is 24.1. The Hall–Kier alpha value is -2.96. The number of alkyl halides is 2. The van der Waals surface area contributed by atoms with Crippen LogP contribution in [-0.4, -0.2) is 25.1 Å². The Morgan fingerprint density at radius 2 is 1.70 bits per heavy atom. The lowest BCUT2D eigenvalue weighted by atomic mass is 10.0. The summed E-state index contributed by atoms with van der Waals surface area (Å²) < 4.78 is 33.4. The summed E-state index contributed by atoms with van der Waals surface area (Å²) in [5, 5.41) is 2.85. The van der Waals surface area contributed by atoms with E-state index >= 15 is 0 Å². The van der Waals surface area contributed by atoms with Crippen molar-refractivity contribution in [2.75, 3.05) is 6.61 Å². The summed E-state index contributed by atoms with van der Waals surface area (Å²) in [5.74, 6) is -1.20. The van der Waals surface area contributed by atoms with Crippen LogP contribution in [0.5, 0.6) is 5.75 Å². The quantitative estimate of drug-likeness (QED) is 0.668. The molecule has 0 saturated carbocycles. The molecule has 2 aromatic rings. The third kappa shape index (κ3) is 6.69. The van der Waals surface area contributed by atoms with E-state index in [1.54, 1.807) is 0 Å². The Kier molecular flexibility index (Phi) is 7.73. The van der Waals surface area contributed by atoms with Crippen molar-refractivity contribution in [3.8, 4) is 5.75 Å². The van der Waals surface area contributed by atoms with Crippen LogP contribution in [0.25, 0.3) is 0 Å². The van der Waals surface area contributed by atoms with Gasteiger partial charge in [-0.3, -0.25) is 4.79 Å². The highest BCUT2D eigenvalue weighted by atomic mass is 19.3. The molecule has 0 aliphatic rings. The van der Waals surface area contributed by atoms with Crippen LogP contribution in [-0.2, 0) is 9.53 Å². The minimum Gasteiger partial charge on any atom is -0.452 e. The van der Waals surface area contributed by atoms with Crippen molar-refractivity contribution in [3.05, 3.63) is 65.7 Å². The molecular formula is C20H21F2NO4. The molecule has 0 unspecified atom stereocenters. The molecule has 144 valence electrons. The maximum Gasteiger partial charge on any atom is 0.387 e. The van der Waals surface area contributed by atoms with Gasteiger partial charge in [0.2, 0.25) is 0 Å². The predicted molar refractivity (Wildman–Crippen MR) is 95.6 cm³/mol. The number of amides is 1. The minimum atomic E-state index is -2.94. The van der Waals surface area contributed by atoms with Gasteiger partial charge in [-0.1, -0.05) is 43.7 Å². The lowest BCUT2D eigenvalue weighted by Crippen LogP contribution is -2.32. The van der Waals surface area contributed by atoms with Gasteiger partial charge in [0.1, 0.15) is 5.75 Å². The summed E-state index contributed by atoms with van der Waals surface area (Å²) in [7, 11) is 0. The first-order chi connectivity index (χ1) is 13.0. The number of esters is 1. The maximum absolute atomic E-state index is 12.1. The number of nitrogens with one attached hydrogen (secondary N) is 1. The molecule has 0 aromatic heterocycles. The molecule has 0 aliphatic heterocycles. The summed E-state index contributed by atoms with van der Waals surface area (Å²) in [6.45, 7) is -1.35. The number of ether oxygens (including phenoxy) is 2. The third-order valence-corrected chi connectivity index (χ3v) is 3.76. The molecule has 0 aliphatic carbocycles. The van der Waals surface area contributed by atoms with Crippen molar-refractivity contribution in [2.45, 2.75) is 32.4 Å². The van der Waals surface area contributed by atoms with E-state index in [1.807, 2.05) is 37.3 Å². The van der Waals surface area contributed by atoms with Crippen molar-refractivity contribution in [2.24, 2.45) is 0 Å². The lowest BCUT2D eigenvalue weighted by Gasteiger charge is -2.18. The highest BCUT2D eigenvalue weighted by Crippen LogP contribution is 2.18. The van der Waals surface area contributed by atoms with Gasteiger partial charge in [0.05, 0.1) is 11.6 Å². The van der Waals surface area contributed by atoms with Crippen LogP contribution in [0.2, 0.25) is 0 Å². The summed E-state index contributed by atoms with van der Waals surface area (Å²) in [5.41, 5.74) is 1.12. The summed E-state index contributed by atoms with van der Waals surface area (Å²) in [6, 6.07) is 14.4. The van der Waals surface area contributed by atoms with Crippen LogP contribution in [0.4, 0.5) is 8.78 Å². The molecule has 2 rings (SSSR count). The van der Waals surface area contributed by atoms with Crippen LogP contribution < -0.4 is 10.1 Å². The van der Waals surface area contributed by atoms with Gasteiger partial charge in [0.25, 0.3) is 5.91 Å². The Bertz CT molecular complexity index is 735. The van der Waals surface area contributed by atoms with Crippen molar-refractivity contribution in [3.63, 3.8) is 0 Å². The SMILES string of the molecule is CCC[C@H](NC(=O)COC(=O)c1ccc(OC(F)F)cc1)c1ccccc1. The van der Waals surface area contributed by atoms with Gasteiger partial charge in [0.15, 0.2) is 6.61 Å². The second-order valence-corrected chi connectivity index (χ2v) is 5.80. The summed E-state index contributed by atoms with van der Waals surface area (Å²) in [6.07, 6.45) is 1.64. The number of halogens is 2. The molecule has 0 spiro atoms. The monoisotopic (exact) mass is 377 g/mol. The molecule has 1 atom stereocenters. The molecule has 0 heterocycles. The zero-order valence-corrected chi connectivity index (χ0v) is 14.9. The minimum absolute atomic E-state index is 0.0652. The molecule has 7 heteroatoms. The van der Waals surface area contributed by atoms with Gasteiger partial charge in [-0.05, 0) is 36.2 Å². The predicted octanol–water partition coefficient (Wildman–Crippen LogP) is 4.10. The second kappa shape index (κ2) is 10.3. The fourth-order valence-corrected chi connectivity index (χ4v) is 2.52. The molecule has 27 heavy (non-hydrogen) atoms. The van der Waals surface area contributed by atoms with Gasteiger partial charge in [-0.15, -0.1) is 0 Å². The number of carbonyl (C=O) groups excluding carboxylic acids is 2. The van der Waals surface area contributed by atoms with Crippen LogP contribution in [0.15, 0.2) is 54.6 Å². The van der Waals surface area contributed by atoms with E-state index in [4.69, 9.17) is 4.74 Å². The Labute approximate surface area is 156 Å². The molecule has 5 nitrogen and oxygen atoms in total. The van der Waals surface area contributed by atoms with E-state index < -0.39 is 25.1 Å². The normalized spacial score (nSPS) is 11.7. The molecule has 1 N–H and O–H groups in total. The largest absolute Gasteiger partial charge is 0.452 e. The highest BCUT2D eigenvalue weighted by Gasteiger charge is 2.16. The number of hydrogen-bond acceptors (Lipinski definition) is 4. The number of hydrogen-bond donors (Lipinski definition) is 1. The molecular weight excluding hydrogens is 356 g/mol. The smallest absolute Gasteiger partial charge is 0.387 e. The lowest BCUT2D eigenvalue weighted by molar-refractivity contribution is -0.125. The zero-order chi connectivity index (χ0) is 19.6. The van der Waals surface area contributed by atoms with Crippen molar-refractivity contribution >= 4 is 11.9 Å². The van der Waals surface area contributed by atoms with E-state index in [2.05, 4.69) is 10.1 Å². The van der Waals surface area contributed by atoms with Crippen LogP contribution in [0, 0.1) is 0 Å². The van der Waals surface area contributed by atoms with Gasteiger partial charge in [0, 0.05) is 0 Å². The van der Waals surface area contributed by atoms with E-state index in [9.17, 15) is 18.4 Å². The second-order valence-electron chi connectivity index (χ2n) is 5.80. The molecule has 0 saturated heterocycles. The van der Waals surface area contributed by atoms with E-state index in [-0.39, 0.29) is 17.4 Å². The summed E-state index contributed by atoms with van der Waals surface area (Å²) >= 11 is 0. The van der Waals surface area contributed by atoms with Crippen molar-refractivity contribution < 1.29 is 27.8 Å². The Balaban J connectivity index is 1.87. The van der Waals surface area contributed by atoms with E-state index in [0.717, 1.165) is 18.4 Å². The van der Waals surface area contributed by atoms with Crippen molar-refractivity contribution in [1.82, 2.24) is 5.32 Å². The van der Waals surface area contributed by atoms with E-state index in [0.29, 0.717) is 0 Å². The first-order valence-corrected chi connectivity index (χ1v) is 8.56. The molecule has 0 fully saturated rings. The molecule has 0 bridgehead atoms. The van der Waals surface area contributed by atoms with Gasteiger partial charge >= 0.3 is 12.6 Å². The molecule has 2 aromatic carbocycles. The van der Waals surface area contributed by atoms with Crippen LogP contribution >= 0.6 is 0 Å². The van der Waals surface area contributed by atoms with Crippen LogP contribution in [0.3, 0.4) is 0 Å². The molecule has 0 radical (unpaired) electrons.